The highest BCUT2D eigenvalue weighted by molar-refractivity contribution is 6.20. The minimum absolute atomic E-state index is 0.131. The average molecular weight is 308 g/mol. The summed E-state index contributed by atoms with van der Waals surface area (Å²) in [4.78, 5) is 4.77. The van der Waals surface area contributed by atoms with Crippen LogP contribution in [0.4, 0.5) is 0 Å². The Labute approximate surface area is 130 Å². The largest absolute Gasteiger partial charge is 0.492 e. The highest BCUT2D eigenvalue weighted by Crippen LogP contribution is 2.31. The number of hydrogen-bond acceptors (Lipinski definition) is 3. The van der Waals surface area contributed by atoms with E-state index in [9.17, 15) is 0 Å². The second kappa shape index (κ2) is 6.14. The number of hydrogen-bond donors (Lipinski definition) is 0. The molecule has 4 nitrogen and oxygen atoms in total. The van der Waals surface area contributed by atoms with E-state index in [4.69, 9.17) is 21.3 Å². The number of fused-ring (bicyclic) bond motifs is 1. The lowest BCUT2D eigenvalue weighted by Crippen LogP contribution is -2.40. The van der Waals surface area contributed by atoms with Crippen molar-refractivity contribution in [2.75, 3.05) is 24.7 Å². The van der Waals surface area contributed by atoms with Crippen LogP contribution in [0.3, 0.4) is 0 Å². The second-order valence-corrected chi connectivity index (χ2v) is 6.12. The Kier molecular flexibility index (Phi) is 4.24. The lowest BCUT2D eigenvalue weighted by Gasteiger charge is -2.31. The third-order valence-corrected chi connectivity index (χ3v) is 4.12. The molecule has 0 bridgehead atoms. The van der Waals surface area contributed by atoms with E-state index in [1.54, 1.807) is 0 Å². The third-order valence-electron chi connectivity index (χ3n) is 3.92. The van der Waals surface area contributed by atoms with E-state index in [0.29, 0.717) is 6.61 Å². The zero-order valence-corrected chi connectivity index (χ0v) is 13.4. The molecule has 1 atom stereocenters. The molecular formula is C16H22ClN3O. The van der Waals surface area contributed by atoms with E-state index in [-0.39, 0.29) is 5.38 Å². The summed E-state index contributed by atoms with van der Waals surface area (Å²) in [5, 5.41) is 2.23. The van der Waals surface area contributed by atoms with E-state index in [1.165, 1.54) is 19.3 Å². The molecule has 0 N–H and O–H groups in total. The average Bonchev–Trinajstić information content (AvgIpc) is 2.89. The number of alkyl halides is 1. The number of ether oxygens (including phenoxy) is 1. The molecule has 1 aromatic carbocycles. The smallest absolute Gasteiger partial charge is 0.147 e. The number of nitrogens with zero attached hydrogens (tertiary/aromatic N) is 3. The molecule has 21 heavy (non-hydrogen) atoms. The van der Waals surface area contributed by atoms with Crippen molar-refractivity contribution in [2.45, 2.75) is 38.5 Å². The van der Waals surface area contributed by atoms with Gasteiger partial charge in [-0.15, -0.1) is 11.6 Å². The summed E-state index contributed by atoms with van der Waals surface area (Å²) in [6.07, 6.45) is 3.75. The SMILES string of the molecule is CCOc1cccc2c1nc(C(C)Cl)n2N1CCCCC1. The van der Waals surface area contributed by atoms with Crippen LogP contribution in [-0.2, 0) is 0 Å². The molecule has 3 rings (SSSR count). The first-order valence-corrected chi connectivity index (χ1v) is 8.19. The van der Waals surface area contributed by atoms with Gasteiger partial charge in [-0.1, -0.05) is 6.07 Å². The van der Waals surface area contributed by atoms with Crippen molar-refractivity contribution in [3.05, 3.63) is 24.0 Å². The minimum atomic E-state index is -0.131. The van der Waals surface area contributed by atoms with Crippen molar-refractivity contribution >= 4 is 22.6 Å². The minimum Gasteiger partial charge on any atom is -0.492 e. The number of imidazole rings is 1. The van der Waals surface area contributed by atoms with Crippen LogP contribution in [-0.4, -0.2) is 29.4 Å². The quantitative estimate of drug-likeness (QED) is 0.804. The Balaban J connectivity index is 2.15. The highest BCUT2D eigenvalue weighted by atomic mass is 35.5. The Morgan fingerprint density at radius 3 is 2.71 bits per heavy atom. The van der Waals surface area contributed by atoms with E-state index >= 15 is 0 Å². The monoisotopic (exact) mass is 307 g/mol. The number of aromatic nitrogens is 2. The third kappa shape index (κ3) is 2.69. The molecule has 2 aromatic rings. The summed E-state index contributed by atoms with van der Waals surface area (Å²) in [6, 6.07) is 6.10. The number of halogens is 1. The molecule has 0 aliphatic carbocycles. The molecular weight excluding hydrogens is 286 g/mol. The van der Waals surface area contributed by atoms with Gasteiger partial charge >= 0.3 is 0 Å². The van der Waals surface area contributed by atoms with Gasteiger partial charge in [-0.05, 0) is 45.2 Å². The van der Waals surface area contributed by atoms with Gasteiger partial charge in [0.05, 0.1) is 17.5 Å². The maximum Gasteiger partial charge on any atom is 0.147 e. The molecule has 2 heterocycles. The fourth-order valence-corrected chi connectivity index (χ4v) is 3.12. The highest BCUT2D eigenvalue weighted by Gasteiger charge is 2.22. The standard InChI is InChI=1S/C16H22ClN3O/c1-3-21-14-9-7-8-13-15(14)18-16(12(2)17)20(13)19-10-5-4-6-11-19/h7-9,12H,3-6,10-11H2,1-2H3. The molecule has 1 aromatic heterocycles. The van der Waals surface area contributed by atoms with Crippen LogP contribution < -0.4 is 9.75 Å². The topological polar surface area (TPSA) is 30.3 Å². The first-order chi connectivity index (χ1) is 10.2. The fraction of sp³-hybridized carbons (Fsp3) is 0.562. The summed E-state index contributed by atoms with van der Waals surface area (Å²) in [7, 11) is 0. The normalized spacial score (nSPS) is 17.2. The van der Waals surface area contributed by atoms with Crippen LogP contribution >= 0.6 is 11.6 Å². The summed E-state index contributed by atoms with van der Waals surface area (Å²) < 4.78 is 7.92. The van der Waals surface area contributed by atoms with Gasteiger partial charge < -0.3 is 9.75 Å². The molecule has 1 fully saturated rings. The lowest BCUT2D eigenvalue weighted by atomic mass is 10.2. The summed E-state index contributed by atoms with van der Waals surface area (Å²) in [5.74, 6) is 1.74. The molecule has 0 saturated carbocycles. The van der Waals surface area contributed by atoms with E-state index < -0.39 is 0 Å². The predicted octanol–water partition coefficient (Wildman–Crippen LogP) is 3.86. The van der Waals surface area contributed by atoms with Gasteiger partial charge in [-0.2, -0.15) is 0 Å². The van der Waals surface area contributed by atoms with Gasteiger partial charge in [-0.25, -0.2) is 9.66 Å². The molecule has 114 valence electrons. The summed E-state index contributed by atoms with van der Waals surface area (Å²) in [5.41, 5.74) is 2.00. The summed E-state index contributed by atoms with van der Waals surface area (Å²) in [6.45, 7) is 6.72. The Morgan fingerprint density at radius 1 is 1.29 bits per heavy atom. The number of benzene rings is 1. The predicted molar refractivity (Wildman–Crippen MR) is 87.0 cm³/mol. The van der Waals surface area contributed by atoms with Gasteiger partial charge in [0.1, 0.15) is 17.1 Å². The van der Waals surface area contributed by atoms with Gasteiger partial charge in [0, 0.05) is 13.1 Å². The van der Waals surface area contributed by atoms with Crippen molar-refractivity contribution in [1.82, 2.24) is 9.66 Å². The van der Waals surface area contributed by atoms with Crippen LogP contribution in [0, 0.1) is 0 Å². The first kappa shape index (κ1) is 14.5. The second-order valence-electron chi connectivity index (χ2n) is 5.47. The van der Waals surface area contributed by atoms with E-state index in [1.807, 2.05) is 26.0 Å². The van der Waals surface area contributed by atoms with Crippen molar-refractivity contribution in [3.8, 4) is 5.75 Å². The fourth-order valence-electron chi connectivity index (χ4n) is 2.98. The molecule has 1 aliphatic heterocycles. The molecule has 0 spiro atoms. The molecule has 0 radical (unpaired) electrons. The van der Waals surface area contributed by atoms with Crippen molar-refractivity contribution in [3.63, 3.8) is 0 Å². The van der Waals surface area contributed by atoms with Crippen molar-refractivity contribution < 1.29 is 4.74 Å². The van der Waals surface area contributed by atoms with Gasteiger partial charge in [0.2, 0.25) is 0 Å². The molecule has 1 aliphatic rings. The van der Waals surface area contributed by atoms with Crippen LogP contribution in [0.2, 0.25) is 0 Å². The van der Waals surface area contributed by atoms with Crippen LogP contribution in [0.1, 0.15) is 44.3 Å². The lowest BCUT2D eigenvalue weighted by molar-refractivity contribution is 0.343. The number of piperidine rings is 1. The molecule has 1 unspecified atom stereocenters. The van der Waals surface area contributed by atoms with Crippen LogP contribution in [0.25, 0.3) is 11.0 Å². The molecule has 1 saturated heterocycles. The Bertz CT molecular complexity index is 617. The Hall–Kier alpha value is -1.42. The maximum atomic E-state index is 6.38. The zero-order chi connectivity index (χ0) is 14.8. The first-order valence-electron chi connectivity index (χ1n) is 7.76. The van der Waals surface area contributed by atoms with Crippen molar-refractivity contribution in [2.24, 2.45) is 0 Å². The number of para-hydroxylation sites is 1. The van der Waals surface area contributed by atoms with Gasteiger partial charge in [-0.3, -0.25) is 0 Å². The van der Waals surface area contributed by atoms with Crippen LogP contribution in [0.15, 0.2) is 18.2 Å². The van der Waals surface area contributed by atoms with E-state index in [2.05, 4.69) is 15.8 Å². The van der Waals surface area contributed by atoms with Gasteiger partial charge in [0.15, 0.2) is 0 Å². The molecule has 5 heteroatoms. The van der Waals surface area contributed by atoms with Crippen LogP contribution in [0.5, 0.6) is 5.75 Å². The maximum absolute atomic E-state index is 6.38. The molecule has 0 amide bonds. The summed E-state index contributed by atoms with van der Waals surface area (Å²) >= 11 is 6.38. The van der Waals surface area contributed by atoms with E-state index in [0.717, 1.165) is 35.7 Å². The zero-order valence-electron chi connectivity index (χ0n) is 12.7. The Morgan fingerprint density at radius 2 is 2.05 bits per heavy atom. The van der Waals surface area contributed by atoms with Gasteiger partial charge in [0.25, 0.3) is 0 Å². The number of rotatable bonds is 4. The van der Waals surface area contributed by atoms with Crippen molar-refractivity contribution in [1.29, 1.82) is 0 Å².